The molecule has 120 valence electrons. The van der Waals surface area contributed by atoms with Crippen LogP contribution >= 0.6 is 11.3 Å². The normalized spacial score (nSPS) is 20.4. The number of hydrogen-bond donors (Lipinski definition) is 0. The number of allylic oxidation sites excluding steroid dienone is 3. The van der Waals surface area contributed by atoms with Gasteiger partial charge in [-0.1, -0.05) is 44.2 Å². The molecule has 0 N–H and O–H groups in total. The number of aliphatic imine (C=N–C) groups is 1. The zero-order valence-electron chi connectivity index (χ0n) is 13.7. The second kappa shape index (κ2) is 5.56. The molecule has 0 atom stereocenters. The van der Waals surface area contributed by atoms with E-state index in [4.69, 9.17) is 0 Å². The Bertz CT molecular complexity index is 888. The van der Waals surface area contributed by atoms with E-state index in [-0.39, 0.29) is 11.3 Å². The van der Waals surface area contributed by atoms with Crippen molar-refractivity contribution in [3.8, 4) is 0 Å². The first-order chi connectivity index (χ1) is 11.6. The van der Waals surface area contributed by atoms with Gasteiger partial charge in [0, 0.05) is 10.9 Å². The molecular formula is C20H18N2OS. The number of anilines is 2. The van der Waals surface area contributed by atoms with Crippen molar-refractivity contribution in [3.05, 3.63) is 70.6 Å². The zero-order chi connectivity index (χ0) is 16.7. The zero-order valence-corrected chi connectivity index (χ0v) is 14.5. The first-order valence-electron chi connectivity index (χ1n) is 7.99. The standard InChI is InChI=1S/C20H18N2OS/c1-20(2)10-7-14(8-11-20)21-18-16-5-3-4-6-17(16)22(19(18)23)15-9-12-24-13-15/h3-10,12-13H,11H2,1-2H3. The van der Waals surface area contributed by atoms with Gasteiger partial charge in [0.25, 0.3) is 5.91 Å². The SMILES string of the molecule is CC1(C)C=CC(N=C2C(=O)N(c3ccsc3)c3ccccc32)=CC1. The van der Waals surface area contributed by atoms with E-state index in [0.29, 0.717) is 5.71 Å². The summed E-state index contributed by atoms with van der Waals surface area (Å²) in [5.41, 5.74) is 4.24. The summed E-state index contributed by atoms with van der Waals surface area (Å²) in [7, 11) is 0. The van der Waals surface area contributed by atoms with Gasteiger partial charge in [-0.2, -0.15) is 11.3 Å². The van der Waals surface area contributed by atoms with E-state index in [1.807, 2.05) is 47.2 Å². The van der Waals surface area contributed by atoms with Crippen LogP contribution in [0.5, 0.6) is 0 Å². The maximum absolute atomic E-state index is 13.0. The molecule has 0 spiro atoms. The number of fused-ring (bicyclic) bond motifs is 1. The molecule has 0 bridgehead atoms. The molecule has 4 heteroatoms. The summed E-state index contributed by atoms with van der Waals surface area (Å²) in [4.78, 5) is 19.4. The molecule has 0 unspecified atom stereocenters. The number of rotatable bonds is 2. The van der Waals surface area contributed by atoms with Crippen LogP contribution in [0.25, 0.3) is 0 Å². The van der Waals surface area contributed by atoms with Crippen LogP contribution in [-0.2, 0) is 4.79 Å². The lowest BCUT2D eigenvalue weighted by Crippen LogP contribution is -2.25. The summed E-state index contributed by atoms with van der Waals surface area (Å²) >= 11 is 1.58. The summed E-state index contributed by atoms with van der Waals surface area (Å²) in [6.45, 7) is 4.39. The highest BCUT2D eigenvalue weighted by Gasteiger charge is 2.35. The Kier molecular flexibility index (Phi) is 3.50. The lowest BCUT2D eigenvalue weighted by atomic mass is 9.85. The third kappa shape index (κ3) is 2.53. The third-order valence-corrected chi connectivity index (χ3v) is 5.02. The van der Waals surface area contributed by atoms with Crippen molar-refractivity contribution in [2.24, 2.45) is 10.4 Å². The van der Waals surface area contributed by atoms with Crippen LogP contribution in [0.1, 0.15) is 25.8 Å². The van der Waals surface area contributed by atoms with E-state index in [1.54, 1.807) is 16.2 Å². The molecule has 2 aliphatic rings. The quantitative estimate of drug-likeness (QED) is 0.753. The fraction of sp³-hybridized carbons (Fsp3) is 0.200. The number of carbonyl (C=O) groups is 1. The van der Waals surface area contributed by atoms with Crippen molar-refractivity contribution in [1.82, 2.24) is 0 Å². The van der Waals surface area contributed by atoms with Gasteiger partial charge >= 0.3 is 0 Å². The minimum atomic E-state index is -0.0614. The highest BCUT2D eigenvalue weighted by atomic mass is 32.1. The Balaban J connectivity index is 1.78. The largest absolute Gasteiger partial charge is 0.282 e. The number of nitrogens with zero attached hydrogens (tertiary/aromatic N) is 2. The van der Waals surface area contributed by atoms with Crippen LogP contribution in [0, 0.1) is 5.41 Å². The second-order valence-electron chi connectivity index (χ2n) is 6.75. The predicted molar refractivity (Wildman–Crippen MR) is 100 cm³/mol. The number of para-hydroxylation sites is 1. The smallest absolute Gasteiger partial charge is 0.274 e. The maximum atomic E-state index is 13.0. The number of amides is 1. The van der Waals surface area contributed by atoms with Crippen molar-refractivity contribution >= 4 is 34.3 Å². The number of thiophene rings is 1. The van der Waals surface area contributed by atoms with Gasteiger partial charge in [-0.05, 0) is 35.4 Å². The average Bonchev–Trinajstić information content (AvgIpc) is 3.17. The topological polar surface area (TPSA) is 32.7 Å². The van der Waals surface area contributed by atoms with Crippen LogP contribution in [-0.4, -0.2) is 11.6 Å². The van der Waals surface area contributed by atoms with Crippen LogP contribution in [0.2, 0.25) is 0 Å². The Morgan fingerprint density at radius 1 is 1.21 bits per heavy atom. The monoisotopic (exact) mass is 334 g/mol. The second-order valence-corrected chi connectivity index (χ2v) is 7.53. The minimum Gasteiger partial charge on any atom is -0.274 e. The number of carbonyl (C=O) groups excluding carboxylic acids is 1. The van der Waals surface area contributed by atoms with E-state index >= 15 is 0 Å². The van der Waals surface area contributed by atoms with Gasteiger partial charge in [-0.3, -0.25) is 9.69 Å². The van der Waals surface area contributed by atoms with Crippen molar-refractivity contribution in [2.45, 2.75) is 20.3 Å². The Morgan fingerprint density at radius 3 is 2.75 bits per heavy atom. The molecule has 1 aliphatic heterocycles. The molecular weight excluding hydrogens is 316 g/mol. The van der Waals surface area contributed by atoms with E-state index in [9.17, 15) is 4.79 Å². The first kappa shape index (κ1) is 15.1. The molecule has 24 heavy (non-hydrogen) atoms. The lowest BCUT2D eigenvalue weighted by Gasteiger charge is -2.21. The van der Waals surface area contributed by atoms with Crippen LogP contribution < -0.4 is 4.90 Å². The molecule has 0 fully saturated rings. The van der Waals surface area contributed by atoms with Gasteiger partial charge in [0.15, 0.2) is 0 Å². The molecule has 0 saturated heterocycles. The van der Waals surface area contributed by atoms with Gasteiger partial charge in [0.1, 0.15) is 5.71 Å². The highest BCUT2D eigenvalue weighted by molar-refractivity contribution is 7.08. The summed E-state index contributed by atoms with van der Waals surface area (Å²) < 4.78 is 0. The van der Waals surface area contributed by atoms with Crippen molar-refractivity contribution < 1.29 is 4.79 Å². The molecule has 3 nitrogen and oxygen atoms in total. The molecule has 2 aromatic rings. The van der Waals surface area contributed by atoms with E-state index < -0.39 is 0 Å². The maximum Gasteiger partial charge on any atom is 0.282 e. The molecule has 1 aliphatic carbocycles. The van der Waals surface area contributed by atoms with Crippen LogP contribution in [0.15, 0.2) is 70.0 Å². The summed E-state index contributed by atoms with van der Waals surface area (Å²) in [6.07, 6.45) is 7.21. The van der Waals surface area contributed by atoms with Crippen LogP contribution in [0.4, 0.5) is 11.4 Å². The summed E-state index contributed by atoms with van der Waals surface area (Å²) in [6, 6.07) is 9.81. The Hall–Kier alpha value is -2.46. The molecule has 2 heterocycles. The summed E-state index contributed by atoms with van der Waals surface area (Å²) in [5, 5.41) is 3.97. The number of hydrogen-bond acceptors (Lipinski definition) is 3. The molecule has 0 saturated carbocycles. The van der Waals surface area contributed by atoms with Gasteiger partial charge in [0.2, 0.25) is 0 Å². The third-order valence-electron chi connectivity index (χ3n) is 4.35. The highest BCUT2D eigenvalue weighted by Crippen LogP contribution is 2.37. The molecule has 4 rings (SSSR count). The lowest BCUT2D eigenvalue weighted by molar-refractivity contribution is -0.111. The van der Waals surface area contributed by atoms with Gasteiger partial charge in [-0.25, -0.2) is 4.99 Å². The van der Waals surface area contributed by atoms with Gasteiger partial charge < -0.3 is 0 Å². The first-order valence-corrected chi connectivity index (χ1v) is 8.94. The molecule has 0 radical (unpaired) electrons. The van der Waals surface area contributed by atoms with Crippen molar-refractivity contribution in [2.75, 3.05) is 4.90 Å². The van der Waals surface area contributed by atoms with E-state index in [1.165, 1.54) is 0 Å². The predicted octanol–water partition coefficient (Wildman–Crippen LogP) is 5.09. The fourth-order valence-corrected chi connectivity index (χ4v) is 3.59. The number of benzene rings is 1. The van der Waals surface area contributed by atoms with Gasteiger partial charge in [0.05, 0.1) is 17.1 Å². The van der Waals surface area contributed by atoms with Crippen molar-refractivity contribution in [1.29, 1.82) is 0 Å². The van der Waals surface area contributed by atoms with E-state index in [2.05, 4.69) is 31.0 Å². The van der Waals surface area contributed by atoms with E-state index in [0.717, 1.165) is 29.1 Å². The Morgan fingerprint density at radius 2 is 2.04 bits per heavy atom. The van der Waals surface area contributed by atoms with Gasteiger partial charge in [-0.15, -0.1) is 0 Å². The average molecular weight is 334 g/mol. The molecule has 1 aromatic heterocycles. The Labute approximate surface area is 145 Å². The molecule has 1 aromatic carbocycles. The van der Waals surface area contributed by atoms with Crippen molar-refractivity contribution in [3.63, 3.8) is 0 Å². The summed E-state index contributed by atoms with van der Waals surface area (Å²) in [5.74, 6) is -0.0614. The minimum absolute atomic E-state index is 0.0614. The van der Waals surface area contributed by atoms with Crippen LogP contribution in [0.3, 0.4) is 0 Å². The fourth-order valence-electron chi connectivity index (χ4n) is 2.97. The molecule has 1 amide bonds.